The van der Waals surface area contributed by atoms with Crippen molar-refractivity contribution in [1.82, 2.24) is 20.0 Å². The molecule has 3 rings (SSSR count). The molecule has 0 N–H and O–H groups in total. The number of nitriles is 1. The predicted octanol–water partition coefficient (Wildman–Crippen LogP) is 2.41. The Kier molecular flexibility index (Phi) is 3.90. The van der Waals surface area contributed by atoms with Crippen LogP contribution in [-0.4, -0.2) is 33.1 Å². The van der Waals surface area contributed by atoms with E-state index in [1.54, 1.807) is 12.1 Å². The lowest BCUT2D eigenvalue weighted by Crippen LogP contribution is -2.37. The van der Waals surface area contributed by atoms with Gasteiger partial charge in [0, 0.05) is 19.3 Å². The van der Waals surface area contributed by atoms with E-state index in [1.165, 1.54) is 10.9 Å². The summed E-state index contributed by atoms with van der Waals surface area (Å²) < 4.78 is 39.3. The van der Waals surface area contributed by atoms with E-state index in [0.29, 0.717) is 12.4 Å². The van der Waals surface area contributed by atoms with Gasteiger partial charge in [-0.25, -0.2) is 0 Å². The van der Waals surface area contributed by atoms with Gasteiger partial charge in [-0.3, -0.25) is 4.68 Å². The average Bonchev–Trinajstić information content (AvgIpc) is 3.05. The molecule has 3 heterocycles. The molecule has 2 aromatic rings. The lowest BCUT2D eigenvalue weighted by atomic mass is 10.1. The quantitative estimate of drug-likeness (QED) is 0.849. The summed E-state index contributed by atoms with van der Waals surface area (Å²) in [6.45, 7) is 1.24. The molecule has 120 valence electrons. The molecule has 23 heavy (non-hydrogen) atoms. The molecular formula is C14H13F3N6. The maximum absolute atomic E-state index is 12.7. The Bertz CT molecular complexity index is 715. The molecule has 1 atom stereocenters. The van der Waals surface area contributed by atoms with Gasteiger partial charge in [-0.2, -0.15) is 23.5 Å². The Morgan fingerprint density at radius 3 is 2.65 bits per heavy atom. The standard InChI is InChI=1S/C14H13F3N6/c15-14(16,17)12-5-7-23(21-12)11-2-1-6-22(9-11)13-4-3-10(8-18)19-20-13/h3-5,7,11H,1-2,6,9H2. The zero-order valence-electron chi connectivity index (χ0n) is 12.0. The van der Waals surface area contributed by atoms with Crippen molar-refractivity contribution in [3.05, 3.63) is 35.8 Å². The highest BCUT2D eigenvalue weighted by Gasteiger charge is 2.34. The molecule has 9 heteroatoms. The number of aromatic nitrogens is 4. The topological polar surface area (TPSA) is 70.6 Å². The van der Waals surface area contributed by atoms with Crippen molar-refractivity contribution in [2.24, 2.45) is 0 Å². The van der Waals surface area contributed by atoms with Crippen LogP contribution >= 0.6 is 0 Å². The SMILES string of the molecule is N#Cc1ccc(N2CCCC(n3ccc(C(F)(F)F)n3)C2)nn1. The third-order valence-electron chi connectivity index (χ3n) is 3.76. The minimum atomic E-state index is -4.43. The molecule has 0 saturated carbocycles. The fourth-order valence-corrected chi connectivity index (χ4v) is 2.62. The summed E-state index contributed by atoms with van der Waals surface area (Å²) in [6, 6.07) is 5.99. The Labute approximate surface area is 130 Å². The van der Waals surface area contributed by atoms with Gasteiger partial charge in [0.15, 0.2) is 17.2 Å². The molecular weight excluding hydrogens is 309 g/mol. The highest BCUT2D eigenvalue weighted by atomic mass is 19.4. The van der Waals surface area contributed by atoms with Crippen molar-refractivity contribution >= 4 is 5.82 Å². The van der Waals surface area contributed by atoms with E-state index < -0.39 is 11.9 Å². The van der Waals surface area contributed by atoms with Crippen molar-refractivity contribution in [3.63, 3.8) is 0 Å². The van der Waals surface area contributed by atoms with E-state index >= 15 is 0 Å². The van der Waals surface area contributed by atoms with Crippen molar-refractivity contribution in [2.45, 2.75) is 25.1 Å². The number of nitrogens with zero attached hydrogens (tertiary/aromatic N) is 6. The summed E-state index contributed by atoms with van der Waals surface area (Å²) in [5, 5.41) is 20.1. The normalized spacial score (nSPS) is 18.7. The highest BCUT2D eigenvalue weighted by molar-refractivity contribution is 5.39. The maximum atomic E-state index is 12.7. The van der Waals surface area contributed by atoms with Gasteiger partial charge in [0.1, 0.15) is 6.07 Å². The van der Waals surface area contributed by atoms with Gasteiger partial charge in [0.25, 0.3) is 0 Å². The van der Waals surface area contributed by atoms with Gasteiger partial charge in [-0.15, -0.1) is 10.2 Å². The van der Waals surface area contributed by atoms with Crippen molar-refractivity contribution in [2.75, 3.05) is 18.0 Å². The molecule has 0 spiro atoms. The van der Waals surface area contributed by atoms with Crippen LogP contribution in [0.4, 0.5) is 19.0 Å². The van der Waals surface area contributed by atoms with Crippen molar-refractivity contribution in [3.8, 4) is 6.07 Å². The van der Waals surface area contributed by atoms with Crippen LogP contribution in [-0.2, 0) is 6.18 Å². The van der Waals surface area contributed by atoms with E-state index in [-0.39, 0.29) is 11.7 Å². The zero-order valence-corrected chi connectivity index (χ0v) is 12.0. The maximum Gasteiger partial charge on any atom is 0.435 e. The van der Waals surface area contributed by atoms with E-state index in [4.69, 9.17) is 5.26 Å². The molecule has 0 bridgehead atoms. The third kappa shape index (κ3) is 3.26. The monoisotopic (exact) mass is 322 g/mol. The van der Waals surface area contributed by atoms with E-state index in [9.17, 15) is 13.2 Å². The van der Waals surface area contributed by atoms with Crippen LogP contribution in [0, 0.1) is 11.3 Å². The first-order valence-corrected chi connectivity index (χ1v) is 7.08. The molecule has 2 aromatic heterocycles. The molecule has 0 amide bonds. The molecule has 1 fully saturated rings. The van der Waals surface area contributed by atoms with Crippen LogP contribution in [0.5, 0.6) is 0 Å². The molecule has 1 aliphatic rings. The lowest BCUT2D eigenvalue weighted by Gasteiger charge is -2.33. The first-order chi connectivity index (χ1) is 11.0. The number of halogens is 3. The van der Waals surface area contributed by atoms with Crippen LogP contribution in [0.2, 0.25) is 0 Å². The minimum absolute atomic E-state index is 0.155. The lowest BCUT2D eigenvalue weighted by molar-refractivity contribution is -0.141. The van der Waals surface area contributed by atoms with Crippen LogP contribution in [0.1, 0.15) is 30.3 Å². The number of alkyl halides is 3. The number of anilines is 1. The summed E-state index contributed by atoms with van der Waals surface area (Å²) in [4.78, 5) is 1.94. The van der Waals surface area contributed by atoms with Gasteiger partial charge in [0.2, 0.25) is 0 Å². The summed E-state index contributed by atoms with van der Waals surface area (Å²) in [5.74, 6) is 0.608. The second kappa shape index (κ2) is 5.87. The molecule has 6 nitrogen and oxygen atoms in total. The number of hydrogen-bond acceptors (Lipinski definition) is 5. The summed E-state index contributed by atoms with van der Waals surface area (Å²) >= 11 is 0. The minimum Gasteiger partial charge on any atom is -0.353 e. The first-order valence-electron chi connectivity index (χ1n) is 7.08. The largest absolute Gasteiger partial charge is 0.435 e. The average molecular weight is 322 g/mol. The van der Waals surface area contributed by atoms with Gasteiger partial charge in [-0.05, 0) is 31.0 Å². The van der Waals surface area contributed by atoms with Crippen LogP contribution in [0.25, 0.3) is 0 Å². The number of hydrogen-bond donors (Lipinski definition) is 0. The molecule has 0 aliphatic carbocycles. The Balaban J connectivity index is 1.75. The van der Waals surface area contributed by atoms with Gasteiger partial charge in [0.05, 0.1) is 6.04 Å². The van der Waals surface area contributed by atoms with E-state index in [1.807, 2.05) is 11.0 Å². The second-order valence-electron chi connectivity index (χ2n) is 5.31. The van der Waals surface area contributed by atoms with Gasteiger partial charge >= 0.3 is 6.18 Å². The molecule has 0 aromatic carbocycles. The van der Waals surface area contributed by atoms with Crippen LogP contribution in [0.15, 0.2) is 24.4 Å². The first kappa shape index (κ1) is 15.3. The summed E-state index contributed by atoms with van der Waals surface area (Å²) in [7, 11) is 0. The van der Waals surface area contributed by atoms with Crippen LogP contribution < -0.4 is 4.90 Å². The Morgan fingerprint density at radius 1 is 1.22 bits per heavy atom. The molecule has 1 aliphatic heterocycles. The summed E-state index contributed by atoms with van der Waals surface area (Å²) in [5.41, 5.74) is -0.656. The predicted molar refractivity (Wildman–Crippen MR) is 74.5 cm³/mol. The third-order valence-corrected chi connectivity index (χ3v) is 3.76. The van der Waals surface area contributed by atoms with E-state index in [0.717, 1.165) is 25.5 Å². The second-order valence-corrected chi connectivity index (χ2v) is 5.31. The number of rotatable bonds is 2. The highest BCUT2D eigenvalue weighted by Crippen LogP contribution is 2.30. The van der Waals surface area contributed by atoms with Gasteiger partial charge in [-0.1, -0.05) is 0 Å². The molecule has 1 saturated heterocycles. The Hall–Kier alpha value is -2.63. The van der Waals surface area contributed by atoms with Crippen molar-refractivity contribution < 1.29 is 13.2 Å². The fourth-order valence-electron chi connectivity index (χ4n) is 2.62. The summed E-state index contributed by atoms with van der Waals surface area (Å²) in [6.07, 6.45) is -1.51. The number of piperidine rings is 1. The molecule has 0 radical (unpaired) electrons. The van der Waals surface area contributed by atoms with Gasteiger partial charge < -0.3 is 4.90 Å². The van der Waals surface area contributed by atoms with Crippen LogP contribution in [0.3, 0.4) is 0 Å². The fraction of sp³-hybridized carbons (Fsp3) is 0.429. The smallest absolute Gasteiger partial charge is 0.353 e. The zero-order chi connectivity index (χ0) is 16.4. The molecule has 1 unspecified atom stereocenters. The van der Waals surface area contributed by atoms with Crippen molar-refractivity contribution in [1.29, 1.82) is 5.26 Å². The Morgan fingerprint density at radius 2 is 2.04 bits per heavy atom. The van der Waals surface area contributed by atoms with E-state index in [2.05, 4.69) is 15.3 Å².